The molecule has 6 nitrogen and oxygen atoms in total. The number of imidazole rings is 1. The number of carbonyl (C=O) groups is 1. The fourth-order valence-electron chi connectivity index (χ4n) is 3.85. The van der Waals surface area contributed by atoms with Gasteiger partial charge in [0, 0.05) is 50.9 Å². The number of rotatable bonds is 3. The van der Waals surface area contributed by atoms with Crippen LogP contribution in [-0.2, 0) is 11.3 Å². The molecule has 0 unspecified atom stereocenters. The van der Waals surface area contributed by atoms with Gasteiger partial charge in [-0.1, -0.05) is 12.1 Å². The number of carbonyl (C=O) groups excluding carboxylic acids is 1. The molecule has 2 amide bonds. The van der Waals surface area contributed by atoms with E-state index in [1.807, 2.05) is 33.9 Å². The monoisotopic (exact) mass is 340 g/mol. The maximum atomic E-state index is 12.5. The Morgan fingerprint density at radius 2 is 2.16 bits per heavy atom. The first-order chi connectivity index (χ1) is 12.2. The van der Waals surface area contributed by atoms with Crippen molar-refractivity contribution in [2.45, 2.75) is 25.8 Å². The zero-order valence-corrected chi connectivity index (χ0v) is 14.4. The van der Waals surface area contributed by atoms with Crippen LogP contribution in [0.25, 0.3) is 5.69 Å². The molecular weight excluding hydrogens is 316 g/mol. The van der Waals surface area contributed by atoms with E-state index in [0.717, 1.165) is 56.8 Å². The summed E-state index contributed by atoms with van der Waals surface area (Å²) in [6, 6.07) is 8.18. The van der Waals surface area contributed by atoms with Crippen LogP contribution in [0, 0.1) is 5.41 Å². The number of likely N-dealkylation sites (tertiary alicyclic amines) is 1. The van der Waals surface area contributed by atoms with Gasteiger partial charge in [-0.15, -0.1) is 0 Å². The maximum absolute atomic E-state index is 12.5. The molecule has 3 heterocycles. The van der Waals surface area contributed by atoms with Gasteiger partial charge in [-0.05, 0) is 42.4 Å². The first-order valence-electron chi connectivity index (χ1n) is 8.92. The van der Waals surface area contributed by atoms with Crippen LogP contribution in [0.2, 0.25) is 0 Å². The van der Waals surface area contributed by atoms with E-state index in [-0.39, 0.29) is 11.4 Å². The molecule has 1 aromatic carbocycles. The Hall–Kier alpha value is -2.34. The molecule has 1 spiro atoms. The van der Waals surface area contributed by atoms with Gasteiger partial charge < -0.3 is 19.5 Å². The average molecular weight is 340 g/mol. The molecule has 0 saturated carbocycles. The molecule has 2 aliphatic heterocycles. The topological polar surface area (TPSA) is 59.4 Å². The highest BCUT2D eigenvalue weighted by atomic mass is 16.5. The molecule has 2 aromatic rings. The Morgan fingerprint density at radius 1 is 1.28 bits per heavy atom. The highest BCUT2D eigenvalue weighted by molar-refractivity contribution is 5.74. The van der Waals surface area contributed by atoms with Crippen LogP contribution in [0.1, 0.15) is 24.8 Å². The van der Waals surface area contributed by atoms with Crippen LogP contribution < -0.4 is 5.32 Å². The highest BCUT2D eigenvalue weighted by Gasteiger charge is 2.40. The summed E-state index contributed by atoms with van der Waals surface area (Å²) >= 11 is 0. The third-order valence-electron chi connectivity index (χ3n) is 5.44. The smallest absolute Gasteiger partial charge is 0.317 e. The van der Waals surface area contributed by atoms with E-state index in [2.05, 4.69) is 16.4 Å². The summed E-state index contributed by atoms with van der Waals surface area (Å²) in [5.41, 5.74) is 2.42. The molecular formula is C19H24N4O2. The number of urea groups is 1. The predicted molar refractivity (Wildman–Crippen MR) is 94.5 cm³/mol. The van der Waals surface area contributed by atoms with Crippen molar-refractivity contribution in [3.05, 3.63) is 48.5 Å². The standard InChI is InChI=1S/C19H24N4O2/c24-18(22-8-4-19(14-22)5-10-25-11-6-19)21-13-16-2-1-3-17(12-16)23-9-7-20-15-23/h1-3,7,9,12,15H,4-6,8,10-11,13-14H2,(H,21,24). The lowest BCUT2D eigenvalue weighted by Gasteiger charge is -2.33. The fraction of sp³-hybridized carbons (Fsp3) is 0.474. The van der Waals surface area contributed by atoms with Gasteiger partial charge in [-0.25, -0.2) is 9.78 Å². The number of hydrogen-bond acceptors (Lipinski definition) is 3. The summed E-state index contributed by atoms with van der Waals surface area (Å²) in [4.78, 5) is 18.6. The van der Waals surface area contributed by atoms with Gasteiger partial charge >= 0.3 is 6.03 Å². The lowest BCUT2D eigenvalue weighted by molar-refractivity contribution is 0.0208. The van der Waals surface area contributed by atoms with Crippen molar-refractivity contribution in [2.75, 3.05) is 26.3 Å². The minimum absolute atomic E-state index is 0.0383. The van der Waals surface area contributed by atoms with Crippen LogP contribution in [-0.4, -0.2) is 46.8 Å². The Kier molecular flexibility index (Phi) is 4.44. The molecule has 0 radical (unpaired) electrons. The number of benzene rings is 1. The molecule has 25 heavy (non-hydrogen) atoms. The van der Waals surface area contributed by atoms with Crippen LogP contribution in [0.5, 0.6) is 0 Å². The Morgan fingerprint density at radius 3 is 2.96 bits per heavy atom. The van der Waals surface area contributed by atoms with Crippen molar-refractivity contribution in [1.29, 1.82) is 0 Å². The molecule has 4 rings (SSSR count). The quantitative estimate of drug-likeness (QED) is 0.934. The third-order valence-corrected chi connectivity index (χ3v) is 5.44. The van der Waals surface area contributed by atoms with E-state index in [1.54, 1.807) is 12.5 Å². The van der Waals surface area contributed by atoms with Crippen LogP contribution in [0.15, 0.2) is 43.0 Å². The van der Waals surface area contributed by atoms with E-state index < -0.39 is 0 Å². The molecule has 6 heteroatoms. The Balaban J connectivity index is 1.34. The van der Waals surface area contributed by atoms with Gasteiger partial charge in [0.25, 0.3) is 0 Å². The second-order valence-corrected chi connectivity index (χ2v) is 7.08. The largest absolute Gasteiger partial charge is 0.381 e. The second-order valence-electron chi connectivity index (χ2n) is 7.08. The number of amides is 2. The molecule has 0 bridgehead atoms. The van der Waals surface area contributed by atoms with Crippen LogP contribution in [0.3, 0.4) is 0 Å². The van der Waals surface area contributed by atoms with Gasteiger partial charge in [0.15, 0.2) is 0 Å². The van der Waals surface area contributed by atoms with Crippen molar-refractivity contribution < 1.29 is 9.53 Å². The van der Waals surface area contributed by atoms with Crippen LogP contribution in [0.4, 0.5) is 4.79 Å². The van der Waals surface area contributed by atoms with E-state index >= 15 is 0 Å². The molecule has 0 atom stereocenters. The van der Waals surface area contributed by atoms with Gasteiger partial charge in [-0.2, -0.15) is 0 Å². The Bertz CT molecular complexity index is 723. The van der Waals surface area contributed by atoms with Crippen molar-refractivity contribution in [3.8, 4) is 5.69 Å². The minimum atomic E-state index is 0.0383. The lowest BCUT2D eigenvalue weighted by Crippen LogP contribution is -2.40. The number of hydrogen-bond donors (Lipinski definition) is 1. The third kappa shape index (κ3) is 3.54. The molecule has 0 aliphatic carbocycles. The lowest BCUT2D eigenvalue weighted by atomic mass is 9.80. The van der Waals surface area contributed by atoms with Crippen LogP contribution >= 0.6 is 0 Å². The first kappa shape index (κ1) is 16.1. The van der Waals surface area contributed by atoms with Crippen molar-refractivity contribution in [2.24, 2.45) is 5.41 Å². The van der Waals surface area contributed by atoms with Gasteiger partial charge in [0.2, 0.25) is 0 Å². The molecule has 1 aromatic heterocycles. The number of nitrogens with one attached hydrogen (secondary N) is 1. The number of nitrogens with zero attached hydrogens (tertiary/aromatic N) is 3. The Labute approximate surface area is 147 Å². The first-order valence-corrected chi connectivity index (χ1v) is 8.92. The van der Waals surface area contributed by atoms with E-state index in [1.165, 1.54) is 0 Å². The molecule has 2 aliphatic rings. The summed E-state index contributed by atoms with van der Waals surface area (Å²) in [5.74, 6) is 0. The number of aromatic nitrogens is 2. The maximum Gasteiger partial charge on any atom is 0.317 e. The average Bonchev–Trinajstić information content (AvgIpc) is 3.31. The van der Waals surface area contributed by atoms with Gasteiger partial charge in [0.05, 0.1) is 6.33 Å². The molecule has 132 valence electrons. The molecule has 2 saturated heterocycles. The zero-order chi connectivity index (χ0) is 17.1. The van der Waals surface area contributed by atoms with Crippen molar-refractivity contribution >= 4 is 6.03 Å². The summed E-state index contributed by atoms with van der Waals surface area (Å²) in [7, 11) is 0. The summed E-state index contributed by atoms with van der Waals surface area (Å²) in [6.07, 6.45) is 8.69. The minimum Gasteiger partial charge on any atom is -0.381 e. The van der Waals surface area contributed by atoms with Crippen molar-refractivity contribution in [1.82, 2.24) is 19.8 Å². The molecule has 1 N–H and O–H groups in total. The second kappa shape index (κ2) is 6.88. The van der Waals surface area contributed by atoms with E-state index in [9.17, 15) is 4.79 Å². The highest BCUT2D eigenvalue weighted by Crippen LogP contribution is 2.39. The zero-order valence-electron chi connectivity index (χ0n) is 14.4. The fourth-order valence-corrected chi connectivity index (χ4v) is 3.85. The van der Waals surface area contributed by atoms with Gasteiger partial charge in [0.1, 0.15) is 0 Å². The number of ether oxygens (including phenoxy) is 1. The van der Waals surface area contributed by atoms with E-state index in [0.29, 0.717) is 6.54 Å². The van der Waals surface area contributed by atoms with E-state index in [4.69, 9.17) is 4.74 Å². The molecule has 2 fully saturated rings. The summed E-state index contributed by atoms with van der Waals surface area (Å²) in [6.45, 7) is 3.90. The summed E-state index contributed by atoms with van der Waals surface area (Å²) < 4.78 is 7.43. The van der Waals surface area contributed by atoms with Crippen molar-refractivity contribution in [3.63, 3.8) is 0 Å². The normalized spacial score (nSPS) is 19.3. The van der Waals surface area contributed by atoms with Gasteiger partial charge in [-0.3, -0.25) is 0 Å². The SMILES string of the molecule is O=C(NCc1cccc(-n2ccnc2)c1)N1CCC2(CCOCC2)C1. The summed E-state index contributed by atoms with van der Waals surface area (Å²) in [5, 5.41) is 3.07. The predicted octanol–water partition coefficient (Wildman–Crippen LogP) is 2.58.